The van der Waals surface area contributed by atoms with Gasteiger partial charge in [-0.25, -0.2) is 0 Å². The summed E-state index contributed by atoms with van der Waals surface area (Å²) in [5, 5.41) is 11.8. The van der Waals surface area contributed by atoms with Crippen molar-refractivity contribution < 1.29 is 14.3 Å². The van der Waals surface area contributed by atoms with Gasteiger partial charge in [0.1, 0.15) is 5.82 Å². The molecule has 2 aromatic rings. The van der Waals surface area contributed by atoms with Crippen LogP contribution in [0.5, 0.6) is 11.5 Å². The lowest BCUT2D eigenvalue weighted by Gasteiger charge is -2.29. The summed E-state index contributed by atoms with van der Waals surface area (Å²) in [6.07, 6.45) is 5.63. The Morgan fingerprint density at radius 3 is 2.43 bits per heavy atom. The Bertz CT molecular complexity index is 847. The lowest BCUT2D eigenvalue weighted by molar-refractivity contribution is 0.0727. The van der Waals surface area contributed by atoms with E-state index in [1.807, 2.05) is 23.1 Å². The van der Waals surface area contributed by atoms with Crippen molar-refractivity contribution in [3.05, 3.63) is 41.1 Å². The maximum Gasteiger partial charge on any atom is 0.274 e. The van der Waals surface area contributed by atoms with E-state index in [4.69, 9.17) is 9.47 Å². The summed E-state index contributed by atoms with van der Waals surface area (Å²) in [6.45, 7) is 1.17. The summed E-state index contributed by atoms with van der Waals surface area (Å²) in [5.74, 6) is 2.04. The second kappa shape index (κ2) is 8.04. The summed E-state index contributed by atoms with van der Waals surface area (Å²) in [4.78, 5) is 14.7. The standard InChI is InChI=1S/C21H26N4O3/c1-27-18-11-14-9-10-25(13-15(14)12-19(18)28-2)21(26)17-7-8-20(24-23-17)22-16-5-3-4-6-16/h7-8,11-12,16H,3-6,9-10,13H2,1-2H3,(H,22,24). The van der Waals surface area contributed by atoms with E-state index in [0.29, 0.717) is 30.6 Å². The molecular formula is C21H26N4O3. The second-order valence-electron chi connectivity index (χ2n) is 7.38. The predicted octanol–water partition coefficient (Wildman–Crippen LogP) is 3.05. The maximum atomic E-state index is 12.9. The van der Waals surface area contributed by atoms with Crippen LogP contribution in [0.25, 0.3) is 0 Å². The van der Waals surface area contributed by atoms with Gasteiger partial charge in [-0.3, -0.25) is 4.79 Å². The Hall–Kier alpha value is -2.83. The van der Waals surface area contributed by atoms with Gasteiger partial charge in [0, 0.05) is 19.1 Å². The van der Waals surface area contributed by atoms with Crippen LogP contribution in [-0.4, -0.2) is 47.8 Å². The van der Waals surface area contributed by atoms with E-state index >= 15 is 0 Å². The van der Waals surface area contributed by atoms with E-state index < -0.39 is 0 Å². The van der Waals surface area contributed by atoms with E-state index in [1.54, 1.807) is 20.3 Å². The molecule has 28 heavy (non-hydrogen) atoms. The molecule has 4 rings (SSSR count). The molecule has 1 fully saturated rings. The number of carbonyl (C=O) groups excluding carboxylic acids is 1. The first-order chi connectivity index (χ1) is 13.7. The summed E-state index contributed by atoms with van der Waals surface area (Å²) >= 11 is 0. The van der Waals surface area contributed by atoms with Crippen molar-refractivity contribution in [2.75, 3.05) is 26.1 Å². The van der Waals surface area contributed by atoms with Crippen LogP contribution in [0.4, 0.5) is 5.82 Å². The van der Waals surface area contributed by atoms with E-state index in [9.17, 15) is 4.79 Å². The number of nitrogens with zero attached hydrogens (tertiary/aromatic N) is 3. The zero-order valence-corrected chi connectivity index (χ0v) is 16.4. The normalized spacial score (nSPS) is 16.6. The topological polar surface area (TPSA) is 76.6 Å². The van der Waals surface area contributed by atoms with Gasteiger partial charge in [-0.05, 0) is 54.7 Å². The third-order valence-electron chi connectivity index (χ3n) is 5.60. The Morgan fingerprint density at radius 1 is 1.07 bits per heavy atom. The molecule has 0 unspecified atom stereocenters. The Kier molecular flexibility index (Phi) is 5.32. The Balaban J connectivity index is 1.45. The monoisotopic (exact) mass is 382 g/mol. The molecule has 7 nitrogen and oxygen atoms in total. The molecule has 0 radical (unpaired) electrons. The number of benzene rings is 1. The van der Waals surface area contributed by atoms with Gasteiger partial charge < -0.3 is 19.7 Å². The third-order valence-corrected chi connectivity index (χ3v) is 5.60. The first kappa shape index (κ1) is 18.5. The van der Waals surface area contributed by atoms with Crippen LogP contribution in [-0.2, 0) is 13.0 Å². The van der Waals surface area contributed by atoms with E-state index in [-0.39, 0.29) is 5.91 Å². The quantitative estimate of drug-likeness (QED) is 0.857. The summed E-state index contributed by atoms with van der Waals surface area (Å²) in [5.41, 5.74) is 2.63. The number of hydrogen-bond acceptors (Lipinski definition) is 6. The lowest BCUT2D eigenvalue weighted by Crippen LogP contribution is -2.36. The highest BCUT2D eigenvalue weighted by atomic mass is 16.5. The molecule has 7 heteroatoms. The van der Waals surface area contributed by atoms with Gasteiger partial charge in [-0.2, -0.15) is 0 Å². The van der Waals surface area contributed by atoms with Gasteiger partial charge in [0.15, 0.2) is 17.2 Å². The van der Waals surface area contributed by atoms with Crippen LogP contribution in [0.2, 0.25) is 0 Å². The van der Waals surface area contributed by atoms with Crippen LogP contribution in [0.1, 0.15) is 47.3 Å². The van der Waals surface area contributed by atoms with Crippen molar-refractivity contribution in [2.24, 2.45) is 0 Å². The van der Waals surface area contributed by atoms with Gasteiger partial charge in [-0.15, -0.1) is 10.2 Å². The fourth-order valence-electron chi connectivity index (χ4n) is 4.02. The molecule has 1 saturated carbocycles. The molecule has 2 aliphatic rings. The molecular weight excluding hydrogens is 356 g/mol. The van der Waals surface area contributed by atoms with Crippen molar-refractivity contribution in [3.8, 4) is 11.5 Å². The number of carbonyl (C=O) groups is 1. The van der Waals surface area contributed by atoms with Crippen LogP contribution in [0.15, 0.2) is 24.3 Å². The number of nitrogens with one attached hydrogen (secondary N) is 1. The molecule has 2 heterocycles. The lowest BCUT2D eigenvalue weighted by atomic mass is 9.98. The van der Waals surface area contributed by atoms with Gasteiger partial charge >= 0.3 is 0 Å². The van der Waals surface area contributed by atoms with Gasteiger partial charge in [0.25, 0.3) is 5.91 Å². The summed E-state index contributed by atoms with van der Waals surface area (Å²) in [6, 6.07) is 8.04. The number of fused-ring (bicyclic) bond motifs is 1. The second-order valence-corrected chi connectivity index (χ2v) is 7.38. The van der Waals surface area contributed by atoms with Gasteiger partial charge in [0.2, 0.25) is 0 Å². The van der Waals surface area contributed by atoms with E-state index in [0.717, 1.165) is 23.6 Å². The number of ether oxygens (including phenoxy) is 2. The average Bonchev–Trinajstić information content (AvgIpc) is 3.25. The summed E-state index contributed by atoms with van der Waals surface area (Å²) < 4.78 is 10.8. The van der Waals surface area contributed by atoms with Gasteiger partial charge in [0.05, 0.1) is 14.2 Å². The molecule has 1 aromatic heterocycles. The highest BCUT2D eigenvalue weighted by Crippen LogP contribution is 2.33. The smallest absolute Gasteiger partial charge is 0.274 e. The molecule has 0 spiro atoms. The number of aromatic nitrogens is 2. The molecule has 1 N–H and O–H groups in total. The maximum absolute atomic E-state index is 12.9. The van der Waals surface area contributed by atoms with Crippen LogP contribution >= 0.6 is 0 Å². The SMILES string of the molecule is COc1cc2c(cc1OC)CN(C(=O)c1ccc(NC3CCCC3)nn1)CC2. The largest absolute Gasteiger partial charge is 0.493 e. The van der Waals surface area contributed by atoms with Crippen molar-refractivity contribution >= 4 is 11.7 Å². The fraction of sp³-hybridized carbons (Fsp3) is 0.476. The number of methoxy groups -OCH3 is 2. The molecule has 148 valence electrons. The molecule has 0 atom stereocenters. The van der Waals surface area contributed by atoms with Crippen molar-refractivity contribution in [1.29, 1.82) is 0 Å². The van der Waals surface area contributed by atoms with E-state index in [2.05, 4.69) is 15.5 Å². The fourth-order valence-corrected chi connectivity index (χ4v) is 4.02. The average molecular weight is 382 g/mol. The number of anilines is 1. The van der Waals surface area contributed by atoms with Crippen LogP contribution < -0.4 is 14.8 Å². The molecule has 1 amide bonds. The predicted molar refractivity (Wildman–Crippen MR) is 106 cm³/mol. The molecule has 1 aliphatic heterocycles. The molecule has 0 saturated heterocycles. The molecule has 1 aliphatic carbocycles. The van der Waals surface area contributed by atoms with Crippen molar-refractivity contribution in [1.82, 2.24) is 15.1 Å². The first-order valence-electron chi connectivity index (χ1n) is 9.81. The first-order valence-corrected chi connectivity index (χ1v) is 9.81. The van der Waals surface area contributed by atoms with Gasteiger partial charge in [-0.1, -0.05) is 12.8 Å². The highest BCUT2D eigenvalue weighted by Gasteiger charge is 2.25. The van der Waals surface area contributed by atoms with Crippen molar-refractivity contribution in [3.63, 3.8) is 0 Å². The Morgan fingerprint density at radius 2 is 1.79 bits per heavy atom. The highest BCUT2D eigenvalue weighted by molar-refractivity contribution is 5.92. The van der Waals surface area contributed by atoms with Crippen molar-refractivity contribution in [2.45, 2.75) is 44.7 Å². The minimum atomic E-state index is -0.0969. The zero-order chi connectivity index (χ0) is 19.5. The Labute approximate surface area is 165 Å². The number of hydrogen-bond donors (Lipinski definition) is 1. The minimum Gasteiger partial charge on any atom is -0.493 e. The van der Waals surface area contributed by atoms with E-state index in [1.165, 1.54) is 31.2 Å². The van der Waals surface area contributed by atoms with Crippen LogP contribution in [0.3, 0.4) is 0 Å². The van der Waals surface area contributed by atoms with Crippen LogP contribution in [0, 0.1) is 0 Å². The minimum absolute atomic E-state index is 0.0969. The zero-order valence-electron chi connectivity index (χ0n) is 16.4. The summed E-state index contributed by atoms with van der Waals surface area (Å²) in [7, 11) is 3.25. The molecule has 0 bridgehead atoms. The molecule has 1 aromatic carbocycles. The number of rotatable bonds is 5. The third kappa shape index (κ3) is 3.74. The number of amides is 1.